The highest BCUT2D eigenvalue weighted by molar-refractivity contribution is 7.92. The van der Waals surface area contributed by atoms with Crippen molar-refractivity contribution < 1.29 is 41.4 Å². The zero-order valence-electron chi connectivity index (χ0n) is 21.0. The Balaban J connectivity index is 0.000000638. The van der Waals surface area contributed by atoms with Crippen LogP contribution in [0.15, 0.2) is 65.6 Å². The smallest absolute Gasteiger partial charge is 0.478 e. The summed E-state index contributed by atoms with van der Waals surface area (Å²) in [6.07, 6.45) is -5.08. The minimum absolute atomic E-state index is 0.0241. The number of carboxylic acid groups (broad SMARTS) is 2. The van der Waals surface area contributed by atoms with Crippen LogP contribution in [0.3, 0.4) is 0 Å². The zero-order chi connectivity index (χ0) is 28.8. The summed E-state index contributed by atoms with van der Waals surface area (Å²) in [5, 5.41) is 16.9. The average molecular weight is 553 g/mol. The number of aliphatic carboxylic acids is 1. The molecular formula is C26H27F3N2O6S. The summed E-state index contributed by atoms with van der Waals surface area (Å²) in [5.74, 6) is -3.88. The van der Waals surface area contributed by atoms with E-state index in [0.717, 1.165) is 11.1 Å². The molecule has 0 unspecified atom stereocenters. The van der Waals surface area contributed by atoms with E-state index in [9.17, 15) is 31.5 Å². The topological polar surface area (TPSA) is 124 Å². The molecule has 12 heteroatoms. The van der Waals surface area contributed by atoms with Gasteiger partial charge in [-0.05, 0) is 55.7 Å². The Labute approximate surface area is 218 Å². The van der Waals surface area contributed by atoms with Gasteiger partial charge in [-0.25, -0.2) is 18.0 Å². The minimum atomic E-state index is -5.08. The molecule has 0 spiro atoms. The van der Waals surface area contributed by atoms with Crippen molar-refractivity contribution in [3.8, 4) is 0 Å². The van der Waals surface area contributed by atoms with Crippen LogP contribution in [0.5, 0.6) is 0 Å². The molecule has 0 aliphatic carbocycles. The summed E-state index contributed by atoms with van der Waals surface area (Å²) < 4.78 is 60.3. The van der Waals surface area contributed by atoms with Gasteiger partial charge in [-0.3, -0.25) is 4.72 Å². The maximum Gasteiger partial charge on any atom is 0.490 e. The number of hydrogen-bond donors (Lipinski definition) is 3. The second-order valence-corrected chi connectivity index (χ2v) is 10.1. The largest absolute Gasteiger partial charge is 0.490 e. The number of aromatic carboxylic acids is 1. The first-order chi connectivity index (χ1) is 17.5. The lowest BCUT2D eigenvalue weighted by Gasteiger charge is -2.22. The number of anilines is 2. The van der Waals surface area contributed by atoms with Crippen LogP contribution < -0.4 is 9.62 Å². The van der Waals surface area contributed by atoms with Gasteiger partial charge in [0.25, 0.3) is 10.0 Å². The first-order valence-corrected chi connectivity index (χ1v) is 12.5. The van der Waals surface area contributed by atoms with Crippen LogP contribution in [0.2, 0.25) is 0 Å². The molecule has 3 N–H and O–H groups in total. The summed E-state index contributed by atoms with van der Waals surface area (Å²) >= 11 is 0. The highest BCUT2D eigenvalue weighted by Crippen LogP contribution is 2.28. The molecule has 0 aromatic heterocycles. The molecule has 0 saturated carbocycles. The Morgan fingerprint density at radius 3 is 1.92 bits per heavy atom. The Kier molecular flexibility index (Phi) is 9.52. The lowest BCUT2D eigenvalue weighted by atomic mass is 10.1. The van der Waals surface area contributed by atoms with E-state index in [0.29, 0.717) is 23.4 Å². The van der Waals surface area contributed by atoms with E-state index in [1.807, 2.05) is 54.3 Å². The van der Waals surface area contributed by atoms with Crippen molar-refractivity contribution in [1.29, 1.82) is 0 Å². The number of aryl methyl sites for hydroxylation is 3. The highest BCUT2D eigenvalue weighted by Gasteiger charge is 2.38. The summed E-state index contributed by atoms with van der Waals surface area (Å²) in [6.45, 7) is 5.93. The number of halogens is 3. The maximum absolute atomic E-state index is 13.0. The molecule has 0 radical (unpaired) electrons. The monoisotopic (exact) mass is 552 g/mol. The average Bonchev–Trinajstić information content (AvgIpc) is 2.78. The van der Waals surface area contributed by atoms with Gasteiger partial charge < -0.3 is 15.1 Å². The normalized spacial score (nSPS) is 11.2. The Bertz CT molecular complexity index is 1400. The zero-order valence-corrected chi connectivity index (χ0v) is 21.8. The number of sulfonamides is 1. The van der Waals surface area contributed by atoms with Crippen molar-refractivity contribution in [3.05, 3.63) is 88.5 Å². The first kappa shape index (κ1) is 30.2. The second-order valence-electron chi connectivity index (χ2n) is 8.51. The van der Waals surface area contributed by atoms with Crippen LogP contribution in [0.4, 0.5) is 24.5 Å². The first-order valence-electron chi connectivity index (χ1n) is 11.1. The van der Waals surface area contributed by atoms with E-state index < -0.39 is 28.1 Å². The number of carboxylic acids is 2. The number of hydrogen-bond acceptors (Lipinski definition) is 5. The number of nitrogens with one attached hydrogen (secondary N) is 1. The minimum Gasteiger partial charge on any atom is -0.478 e. The molecule has 204 valence electrons. The molecule has 0 aliphatic heterocycles. The molecule has 3 aromatic carbocycles. The van der Waals surface area contributed by atoms with Crippen molar-refractivity contribution in [1.82, 2.24) is 0 Å². The quantitative estimate of drug-likeness (QED) is 0.360. The van der Waals surface area contributed by atoms with E-state index in [1.54, 1.807) is 33.0 Å². The summed E-state index contributed by atoms with van der Waals surface area (Å²) in [5.41, 5.74) is 4.03. The van der Waals surface area contributed by atoms with Crippen molar-refractivity contribution in [2.75, 3.05) is 16.7 Å². The molecule has 0 bridgehead atoms. The van der Waals surface area contributed by atoms with E-state index in [-0.39, 0.29) is 16.1 Å². The molecule has 0 fully saturated rings. The maximum atomic E-state index is 13.0. The molecule has 0 amide bonds. The van der Waals surface area contributed by atoms with Gasteiger partial charge in [0, 0.05) is 19.3 Å². The molecule has 0 aliphatic rings. The standard InChI is InChI=1S/C24H26N2O4S.C2HF3O2/c1-16-12-17(2)23(18(3)13-16)31(29,30)25-20-10-11-22(21(14-20)24(27)28)26(4)15-19-8-6-5-7-9-19;3-2(4,5)1(6)7/h5-14,25H,15H2,1-4H3,(H,27,28);(H,6,7). The molecule has 3 aromatic rings. The van der Waals surface area contributed by atoms with Gasteiger partial charge in [-0.15, -0.1) is 0 Å². The number of nitrogens with zero attached hydrogens (tertiary/aromatic N) is 1. The Morgan fingerprint density at radius 2 is 1.45 bits per heavy atom. The molecule has 0 heterocycles. The van der Waals surface area contributed by atoms with Crippen LogP contribution in [0.1, 0.15) is 32.6 Å². The predicted octanol–water partition coefficient (Wildman–Crippen LogP) is 5.38. The molecule has 38 heavy (non-hydrogen) atoms. The third-order valence-corrected chi connectivity index (χ3v) is 6.95. The number of rotatable bonds is 7. The number of carbonyl (C=O) groups is 2. The third-order valence-electron chi connectivity index (χ3n) is 5.27. The second kappa shape index (κ2) is 12.0. The van der Waals surface area contributed by atoms with Gasteiger partial charge >= 0.3 is 18.1 Å². The van der Waals surface area contributed by atoms with Gasteiger partial charge in [0.05, 0.1) is 16.1 Å². The molecule has 0 saturated heterocycles. The molecule has 3 rings (SSSR count). The fourth-order valence-corrected chi connectivity index (χ4v) is 5.35. The van der Waals surface area contributed by atoms with E-state index in [1.165, 1.54) is 6.07 Å². The van der Waals surface area contributed by atoms with Crippen molar-refractivity contribution in [3.63, 3.8) is 0 Å². The SMILES string of the molecule is Cc1cc(C)c(S(=O)(=O)Nc2ccc(N(C)Cc3ccccc3)c(C(=O)O)c2)c(C)c1.O=C(O)C(F)(F)F. The van der Waals surface area contributed by atoms with Crippen molar-refractivity contribution >= 4 is 33.3 Å². The lowest BCUT2D eigenvalue weighted by Crippen LogP contribution is -2.21. The van der Waals surface area contributed by atoms with Gasteiger partial charge in [0.15, 0.2) is 0 Å². The van der Waals surface area contributed by atoms with Crippen molar-refractivity contribution in [2.45, 2.75) is 38.4 Å². The summed E-state index contributed by atoms with van der Waals surface area (Å²) in [6, 6.07) is 17.9. The van der Waals surface area contributed by atoms with Crippen LogP contribution in [-0.4, -0.2) is 43.8 Å². The van der Waals surface area contributed by atoms with Crippen molar-refractivity contribution in [2.24, 2.45) is 0 Å². The van der Waals surface area contributed by atoms with Gasteiger partial charge in [0.1, 0.15) is 0 Å². The number of alkyl halides is 3. The Hall–Kier alpha value is -4.06. The van der Waals surface area contributed by atoms with Gasteiger partial charge in [-0.2, -0.15) is 13.2 Å². The third kappa shape index (κ3) is 7.97. The molecular weight excluding hydrogens is 525 g/mol. The summed E-state index contributed by atoms with van der Waals surface area (Å²) in [7, 11) is -2.07. The summed E-state index contributed by atoms with van der Waals surface area (Å²) in [4.78, 5) is 22.8. The van der Waals surface area contributed by atoms with Gasteiger partial charge in [0.2, 0.25) is 0 Å². The van der Waals surface area contributed by atoms with E-state index in [2.05, 4.69) is 4.72 Å². The lowest BCUT2D eigenvalue weighted by molar-refractivity contribution is -0.192. The fraction of sp³-hybridized carbons (Fsp3) is 0.231. The Morgan fingerprint density at radius 1 is 0.921 bits per heavy atom. The van der Waals surface area contributed by atoms with E-state index in [4.69, 9.17) is 9.90 Å². The van der Waals surface area contributed by atoms with Crippen LogP contribution >= 0.6 is 0 Å². The fourth-order valence-electron chi connectivity index (χ4n) is 3.84. The highest BCUT2D eigenvalue weighted by atomic mass is 32.2. The van der Waals surface area contributed by atoms with Crippen LogP contribution in [0, 0.1) is 20.8 Å². The van der Waals surface area contributed by atoms with E-state index >= 15 is 0 Å². The predicted molar refractivity (Wildman–Crippen MR) is 137 cm³/mol. The van der Waals surface area contributed by atoms with Gasteiger partial charge in [-0.1, -0.05) is 48.0 Å². The van der Waals surface area contributed by atoms with Crippen LogP contribution in [-0.2, 0) is 21.4 Å². The molecule has 0 atom stereocenters. The number of benzene rings is 3. The van der Waals surface area contributed by atoms with Crippen LogP contribution in [0.25, 0.3) is 0 Å². The molecule has 8 nitrogen and oxygen atoms in total.